The second-order valence-electron chi connectivity index (χ2n) is 9.90. The van der Waals surface area contributed by atoms with Crippen LogP contribution in [-0.2, 0) is 12.5 Å². The maximum absolute atomic E-state index is 13.7. The van der Waals surface area contributed by atoms with E-state index in [0.717, 1.165) is 43.2 Å². The molecule has 176 valence electrons. The van der Waals surface area contributed by atoms with E-state index >= 15 is 0 Å². The molecule has 0 N–H and O–H groups in total. The molecule has 3 nitrogen and oxygen atoms in total. The van der Waals surface area contributed by atoms with Gasteiger partial charge in [0.1, 0.15) is 10.9 Å². The predicted octanol–water partition coefficient (Wildman–Crippen LogP) is 7.74. The summed E-state index contributed by atoms with van der Waals surface area (Å²) in [6.07, 6.45) is 10.8. The minimum Gasteiger partial charge on any atom is -0.330 e. The van der Waals surface area contributed by atoms with Crippen LogP contribution >= 0.6 is 0 Å². The van der Waals surface area contributed by atoms with Crippen molar-refractivity contribution in [3.05, 3.63) is 29.7 Å². The van der Waals surface area contributed by atoms with Crippen molar-refractivity contribution in [2.75, 3.05) is 0 Å². The molecule has 0 aliphatic heterocycles. The van der Waals surface area contributed by atoms with Gasteiger partial charge in [0.05, 0.1) is 11.9 Å². The Labute approximate surface area is 189 Å². The number of fused-ring (bicyclic) bond motifs is 1. The van der Waals surface area contributed by atoms with Gasteiger partial charge >= 0.3 is 6.18 Å². The van der Waals surface area contributed by atoms with E-state index < -0.39 is 11.6 Å². The van der Waals surface area contributed by atoms with E-state index in [0.29, 0.717) is 16.9 Å². The molecule has 0 aromatic carbocycles. The summed E-state index contributed by atoms with van der Waals surface area (Å²) in [5.74, 6) is 1.72. The predicted molar refractivity (Wildman–Crippen MR) is 123 cm³/mol. The van der Waals surface area contributed by atoms with Crippen LogP contribution in [0.4, 0.5) is 13.2 Å². The van der Waals surface area contributed by atoms with Crippen molar-refractivity contribution < 1.29 is 13.2 Å². The highest BCUT2D eigenvalue weighted by molar-refractivity contribution is 5.76. The van der Waals surface area contributed by atoms with E-state index in [1.165, 1.54) is 37.7 Å². The van der Waals surface area contributed by atoms with Gasteiger partial charge in [-0.3, -0.25) is 4.98 Å². The first-order valence-corrected chi connectivity index (χ1v) is 12.4. The Morgan fingerprint density at radius 1 is 1.28 bits per heavy atom. The monoisotopic (exact) mass is 447 g/mol. The van der Waals surface area contributed by atoms with E-state index in [1.807, 2.05) is 0 Å². The zero-order valence-corrected chi connectivity index (χ0v) is 19.6. The summed E-state index contributed by atoms with van der Waals surface area (Å²) in [4.78, 5) is 9.35. The van der Waals surface area contributed by atoms with E-state index in [2.05, 4.69) is 24.9 Å². The lowest BCUT2D eigenvalue weighted by atomic mass is 9.73. The number of hydrogen-bond acceptors (Lipinski definition) is 2. The lowest BCUT2D eigenvalue weighted by Gasteiger charge is -2.33. The number of allylic oxidation sites excluding steroid dienone is 2. The van der Waals surface area contributed by atoms with Crippen molar-refractivity contribution in [1.29, 1.82) is 0 Å². The van der Waals surface area contributed by atoms with Crippen molar-refractivity contribution in [3.8, 4) is 0 Å². The first kappa shape index (κ1) is 23.3. The molecule has 4 rings (SSSR count). The minimum atomic E-state index is -4.24. The zero-order chi connectivity index (χ0) is 22.9. The quantitative estimate of drug-likeness (QED) is 0.373. The van der Waals surface area contributed by atoms with Crippen LogP contribution in [0.15, 0.2) is 18.3 Å². The lowest BCUT2D eigenvalue weighted by molar-refractivity contribution is -0.162. The normalized spacial score (nSPS) is 19.9. The summed E-state index contributed by atoms with van der Waals surface area (Å²) in [5.41, 5.74) is 1.67. The molecular formula is C26H36F3N3. The molecule has 0 radical (unpaired) electrons. The maximum Gasteiger partial charge on any atom is 0.399 e. The summed E-state index contributed by atoms with van der Waals surface area (Å²) < 4.78 is 42.7. The van der Waals surface area contributed by atoms with Gasteiger partial charge in [0.2, 0.25) is 0 Å². The standard InChI is InChI=1S/C26H36F3N3/c1-4-6-9-20(13-7-10-18(5-2)19-11-8-12-19)22-17-30-21-16-23(32(3)24(21)31-22)25(14-15-25)26(27,28)29/h9,16-19H,4-8,10-15H2,1-3H3/b20-9-. The Morgan fingerprint density at radius 2 is 2.03 bits per heavy atom. The highest BCUT2D eigenvalue weighted by Gasteiger charge is 2.65. The van der Waals surface area contributed by atoms with Crippen molar-refractivity contribution >= 4 is 16.7 Å². The van der Waals surface area contributed by atoms with Crippen LogP contribution in [0, 0.1) is 11.8 Å². The van der Waals surface area contributed by atoms with Gasteiger partial charge in [-0.05, 0) is 62.0 Å². The molecule has 2 fully saturated rings. The van der Waals surface area contributed by atoms with Crippen molar-refractivity contribution in [2.24, 2.45) is 18.9 Å². The van der Waals surface area contributed by atoms with Gasteiger partial charge in [0.15, 0.2) is 5.65 Å². The zero-order valence-electron chi connectivity index (χ0n) is 19.6. The van der Waals surface area contributed by atoms with Gasteiger partial charge in [-0.15, -0.1) is 0 Å². The molecule has 0 spiro atoms. The lowest BCUT2D eigenvalue weighted by Crippen LogP contribution is -2.30. The van der Waals surface area contributed by atoms with Crippen LogP contribution in [0.2, 0.25) is 0 Å². The molecule has 0 saturated heterocycles. The summed E-state index contributed by atoms with van der Waals surface area (Å²) in [6, 6.07) is 1.59. The fourth-order valence-electron chi connectivity index (χ4n) is 5.39. The number of aromatic nitrogens is 3. The SMILES string of the molecule is CCC/C=C(/CCCC(CC)C1CCC1)c1cnc2cc(C3(C(F)(F)F)CC3)n(C)c2n1. The number of unbranched alkanes of at least 4 members (excludes halogenated alkanes) is 1. The van der Waals surface area contributed by atoms with Gasteiger partial charge < -0.3 is 4.57 Å². The van der Waals surface area contributed by atoms with Crippen LogP contribution < -0.4 is 0 Å². The van der Waals surface area contributed by atoms with Gasteiger partial charge in [0.25, 0.3) is 0 Å². The van der Waals surface area contributed by atoms with Crippen molar-refractivity contribution in [3.63, 3.8) is 0 Å². The van der Waals surface area contributed by atoms with E-state index in [-0.39, 0.29) is 12.8 Å². The number of rotatable bonds is 10. The third-order valence-electron chi connectivity index (χ3n) is 7.89. The Bertz CT molecular complexity index is 965. The molecule has 2 aliphatic rings. The third-order valence-corrected chi connectivity index (χ3v) is 7.89. The first-order chi connectivity index (χ1) is 15.3. The molecule has 6 heteroatoms. The van der Waals surface area contributed by atoms with E-state index in [9.17, 15) is 13.2 Å². The molecule has 2 aromatic rings. The van der Waals surface area contributed by atoms with Crippen LogP contribution in [0.25, 0.3) is 16.7 Å². The number of hydrogen-bond donors (Lipinski definition) is 0. The molecule has 32 heavy (non-hydrogen) atoms. The van der Waals surface area contributed by atoms with Gasteiger partial charge in [-0.2, -0.15) is 13.2 Å². The first-order valence-electron chi connectivity index (χ1n) is 12.4. The minimum absolute atomic E-state index is 0.148. The molecule has 1 atom stereocenters. The number of nitrogens with zero attached hydrogens (tertiary/aromatic N) is 3. The summed E-state index contributed by atoms with van der Waals surface area (Å²) in [6.45, 7) is 4.46. The highest BCUT2D eigenvalue weighted by atomic mass is 19.4. The Hall–Kier alpha value is -1.85. The summed E-state index contributed by atoms with van der Waals surface area (Å²) in [5, 5.41) is 0. The van der Waals surface area contributed by atoms with Gasteiger partial charge in [-0.1, -0.05) is 52.0 Å². The van der Waals surface area contributed by atoms with Crippen molar-refractivity contribution in [2.45, 2.75) is 96.1 Å². The molecule has 1 unspecified atom stereocenters. The second-order valence-corrected chi connectivity index (χ2v) is 9.90. The molecule has 2 saturated carbocycles. The van der Waals surface area contributed by atoms with Crippen LogP contribution in [-0.4, -0.2) is 20.7 Å². The highest BCUT2D eigenvalue weighted by Crippen LogP contribution is 2.59. The van der Waals surface area contributed by atoms with E-state index in [4.69, 9.17) is 4.98 Å². The molecule has 2 aliphatic carbocycles. The van der Waals surface area contributed by atoms with Gasteiger partial charge in [0, 0.05) is 12.7 Å². The fraction of sp³-hybridized carbons (Fsp3) is 0.692. The van der Waals surface area contributed by atoms with Crippen LogP contribution in [0.1, 0.15) is 95.9 Å². The Morgan fingerprint density at radius 3 is 2.59 bits per heavy atom. The third kappa shape index (κ3) is 4.34. The Balaban J connectivity index is 1.55. The molecule has 0 amide bonds. The molecular weight excluding hydrogens is 411 g/mol. The topological polar surface area (TPSA) is 30.7 Å². The molecule has 2 heterocycles. The number of alkyl halides is 3. The van der Waals surface area contributed by atoms with Crippen LogP contribution in [0.5, 0.6) is 0 Å². The Kier molecular flexibility index (Phi) is 6.69. The average Bonchev–Trinajstić information content (AvgIpc) is 3.48. The maximum atomic E-state index is 13.7. The number of halogens is 3. The summed E-state index contributed by atoms with van der Waals surface area (Å²) >= 11 is 0. The fourth-order valence-corrected chi connectivity index (χ4v) is 5.39. The van der Waals surface area contributed by atoms with E-state index in [1.54, 1.807) is 23.9 Å². The summed E-state index contributed by atoms with van der Waals surface area (Å²) in [7, 11) is 1.70. The molecule has 0 bridgehead atoms. The largest absolute Gasteiger partial charge is 0.399 e. The van der Waals surface area contributed by atoms with Gasteiger partial charge in [-0.25, -0.2) is 4.98 Å². The molecule has 2 aromatic heterocycles. The van der Waals surface area contributed by atoms with Crippen LogP contribution in [0.3, 0.4) is 0 Å². The number of aryl methyl sites for hydroxylation is 1. The average molecular weight is 448 g/mol. The van der Waals surface area contributed by atoms with Crippen molar-refractivity contribution in [1.82, 2.24) is 14.5 Å². The smallest absolute Gasteiger partial charge is 0.330 e. The second kappa shape index (κ2) is 9.18.